The van der Waals surface area contributed by atoms with E-state index < -0.39 is 0 Å². The average molecular weight is 347 g/mol. The molecular formula is C25H46. The minimum Gasteiger partial charge on any atom is -0.0654 e. The lowest BCUT2D eigenvalue weighted by Gasteiger charge is -2.41. The smallest absolute Gasteiger partial charge is 0.0386 e. The molecule has 0 aromatic heterocycles. The number of hydrogen-bond donors (Lipinski definition) is 0. The van der Waals surface area contributed by atoms with Crippen molar-refractivity contribution in [2.75, 3.05) is 0 Å². The van der Waals surface area contributed by atoms with Crippen LogP contribution < -0.4 is 0 Å². The van der Waals surface area contributed by atoms with Crippen LogP contribution in [0.25, 0.3) is 0 Å². The summed E-state index contributed by atoms with van der Waals surface area (Å²) < 4.78 is 0. The van der Waals surface area contributed by atoms with E-state index in [1.807, 2.05) is 0 Å². The molecular weight excluding hydrogens is 300 g/mol. The second-order valence-electron chi connectivity index (χ2n) is 10.2. The van der Waals surface area contributed by atoms with Gasteiger partial charge in [0.2, 0.25) is 0 Å². The highest BCUT2D eigenvalue weighted by Gasteiger charge is 2.34. The van der Waals surface area contributed by atoms with Gasteiger partial charge >= 0.3 is 0 Å². The summed E-state index contributed by atoms with van der Waals surface area (Å²) in [5.74, 6) is 6.61. The van der Waals surface area contributed by atoms with Crippen LogP contribution in [0.2, 0.25) is 0 Å². The summed E-state index contributed by atoms with van der Waals surface area (Å²) in [4.78, 5) is 0. The van der Waals surface area contributed by atoms with Gasteiger partial charge in [0, 0.05) is 0 Å². The fraction of sp³-hybridized carbons (Fsp3) is 1.00. The van der Waals surface area contributed by atoms with Gasteiger partial charge in [-0.05, 0) is 86.9 Å². The van der Waals surface area contributed by atoms with Gasteiger partial charge in [0.1, 0.15) is 0 Å². The Morgan fingerprint density at radius 2 is 0.800 bits per heavy atom. The Morgan fingerprint density at radius 3 is 1.16 bits per heavy atom. The SMILES string of the molecule is CCCCC1CCC(C2CCC(C3CCC(CCC)CC3)CC2)CC1. The van der Waals surface area contributed by atoms with Crippen molar-refractivity contribution >= 4 is 0 Å². The van der Waals surface area contributed by atoms with Gasteiger partial charge in [-0.3, -0.25) is 0 Å². The van der Waals surface area contributed by atoms with Crippen LogP contribution >= 0.6 is 0 Å². The number of hydrogen-bond acceptors (Lipinski definition) is 0. The van der Waals surface area contributed by atoms with Crippen molar-refractivity contribution in [2.45, 2.75) is 123 Å². The highest BCUT2D eigenvalue weighted by atomic mass is 14.4. The van der Waals surface area contributed by atoms with Crippen molar-refractivity contribution in [3.8, 4) is 0 Å². The van der Waals surface area contributed by atoms with Crippen molar-refractivity contribution in [3.05, 3.63) is 0 Å². The zero-order valence-corrected chi connectivity index (χ0v) is 17.5. The predicted octanol–water partition coefficient (Wildman–Crippen LogP) is 8.40. The molecule has 0 saturated heterocycles. The lowest BCUT2D eigenvalue weighted by molar-refractivity contribution is 0.102. The lowest BCUT2D eigenvalue weighted by atomic mass is 9.64. The maximum Gasteiger partial charge on any atom is -0.0386 e. The molecule has 3 fully saturated rings. The Hall–Kier alpha value is 0. The molecule has 0 aromatic rings. The molecule has 0 aliphatic heterocycles. The molecule has 0 spiro atoms. The van der Waals surface area contributed by atoms with E-state index in [1.165, 1.54) is 32.1 Å². The first kappa shape index (κ1) is 19.8. The van der Waals surface area contributed by atoms with Gasteiger partial charge in [0.15, 0.2) is 0 Å². The minimum atomic E-state index is 1.08. The van der Waals surface area contributed by atoms with E-state index in [9.17, 15) is 0 Å². The number of rotatable bonds is 7. The van der Waals surface area contributed by atoms with E-state index in [0.29, 0.717) is 0 Å². The fourth-order valence-corrected chi connectivity index (χ4v) is 6.89. The van der Waals surface area contributed by atoms with Crippen molar-refractivity contribution in [1.82, 2.24) is 0 Å². The van der Waals surface area contributed by atoms with Gasteiger partial charge in [-0.1, -0.05) is 71.6 Å². The molecule has 0 radical (unpaired) electrons. The monoisotopic (exact) mass is 346 g/mol. The molecule has 0 nitrogen and oxygen atoms in total. The Bertz CT molecular complexity index is 335. The molecule has 25 heavy (non-hydrogen) atoms. The van der Waals surface area contributed by atoms with Crippen molar-refractivity contribution in [1.29, 1.82) is 0 Å². The van der Waals surface area contributed by atoms with Crippen LogP contribution in [-0.4, -0.2) is 0 Å². The van der Waals surface area contributed by atoms with Crippen LogP contribution in [0.15, 0.2) is 0 Å². The summed E-state index contributed by atoms with van der Waals surface area (Å²) in [6.45, 7) is 4.71. The standard InChI is InChI=1S/C25H46/c1-3-5-7-21-10-14-23(15-11-21)25-18-16-24(17-19-25)22-12-8-20(6-4-2)9-13-22/h20-25H,3-19H2,1-2H3. The molecule has 3 rings (SSSR count). The molecule has 0 atom stereocenters. The van der Waals surface area contributed by atoms with Crippen LogP contribution in [0, 0.1) is 35.5 Å². The summed E-state index contributed by atoms with van der Waals surface area (Å²) in [5.41, 5.74) is 0. The highest BCUT2D eigenvalue weighted by Crippen LogP contribution is 2.46. The third-order valence-electron chi connectivity index (χ3n) is 8.60. The normalized spacial score (nSPS) is 40.1. The van der Waals surface area contributed by atoms with E-state index in [1.54, 1.807) is 77.0 Å². The molecule has 0 amide bonds. The number of unbranched alkanes of at least 4 members (excludes halogenated alkanes) is 1. The third kappa shape index (κ3) is 5.74. The predicted molar refractivity (Wildman–Crippen MR) is 111 cm³/mol. The van der Waals surface area contributed by atoms with Gasteiger partial charge in [-0.15, -0.1) is 0 Å². The van der Waals surface area contributed by atoms with Crippen LogP contribution in [-0.2, 0) is 0 Å². The van der Waals surface area contributed by atoms with Crippen molar-refractivity contribution < 1.29 is 0 Å². The zero-order chi connectivity index (χ0) is 17.5. The summed E-state index contributed by atoms with van der Waals surface area (Å²) >= 11 is 0. The fourth-order valence-electron chi connectivity index (χ4n) is 6.89. The molecule has 146 valence electrons. The van der Waals surface area contributed by atoms with Crippen LogP contribution in [0.3, 0.4) is 0 Å². The van der Waals surface area contributed by atoms with Gasteiger partial charge in [-0.25, -0.2) is 0 Å². The van der Waals surface area contributed by atoms with E-state index in [2.05, 4.69) is 13.8 Å². The van der Waals surface area contributed by atoms with Gasteiger partial charge in [0.25, 0.3) is 0 Å². The Kier molecular flexibility index (Phi) is 8.19. The van der Waals surface area contributed by atoms with Crippen molar-refractivity contribution in [2.24, 2.45) is 35.5 Å². The first-order chi connectivity index (χ1) is 12.3. The molecule has 0 aromatic carbocycles. The zero-order valence-electron chi connectivity index (χ0n) is 17.5. The van der Waals surface area contributed by atoms with E-state index in [0.717, 1.165) is 35.5 Å². The van der Waals surface area contributed by atoms with Crippen LogP contribution in [0.4, 0.5) is 0 Å². The van der Waals surface area contributed by atoms with E-state index in [4.69, 9.17) is 0 Å². The minimum absolute atomic E-state index is 1.08. The second-order valence-corrected chi connectivity index (χ2v) is 10.2. The maximum absolute atomic E-state index is 2.37. The molecule has 0 bridgehead atoms. The highest BCUT2D eigenvalue weighted by molar-refractivity contribution is 4.85. The van der Waals surface area contributed by atoms with E-state index >= 15 is 0 Å². The maximum atomic E-state index is 2.37. The molecule has 0 heterocycles. The first-order valence-electron chi connectivity index (χ1n) is 12.3. The molecule has 3 aliphatic carbocycles. The Balaban J connectivity index is 1.34. The molecule has 3 saturated carbocycles. The van der Waals surface area contributed by atoms with Gasteiger partial charge in [0.05, 0.1) is 0 Å². The van der Waals surface area contributed by atoms with Crippen LogP contribution in [0.1, 0.15) is 123 Å². The molecule has 0 heteroatoms. The van der Waals surface area contributed by atoms with E-state index in [-0.39, 0.29) is 0 Å². The summed E-state index contributed by atoms with van der Waals surface area (Å²) in [7, 11) is 0. The average Bonchev–Trinajstić information content (AvgIpc) is 2.68. The quantitative estimate of drug-likeness (QED) is 0.434. The Morgan fingerprint density at radius 1 is 0.440 bits per heavy atom. The largest absolute Gasteiger partial charge is 0.0654 e. The van der Waals surface area contributed by atoms with Crippen molar-refractivity contribution in [3.63, 3.8) is 0 Å². The molecule has 0 unspecified atom stereocenters. The Labute approximate surface area is 158 Å². The molecule has 3 aliphatic rings. The lowest BCUT2D eigenvalue weighted by Crippen LogP contribution is -2.29. The molecule has 0 N–H and O–H groups in total. The second kappa shape index (κ2) is 10.4. The van der Waals surface area contributed by atoms with Gasteiger partial charge in [-0.2, -0.15) is 0 Å². The first-order valence-corrected chi connectivity index (χ1v) is 12.3. The summed E-state index contributed by atoms with van der Waals surface area (Å²) in [5, 5.41) is 0. The van der Waals surface area contributed by atoms with Gasteiger partial charge < -0.3 is 0 Å². The summed E-state index contributed by atoms with van der Waals surface area (Å²) in [6, 6.07) is 0. The summed E-state index contributed by atoms with van der Waals surface area (Å²) in [6.07, 6.45) is 26.2. The topological polar surface area (TPSA) is 0 Å². The third-order valence-corrected chi connectivity index (χ3v) is 8.60. The van der Waals surface area contributed by atoms with Crippen LogP contribution in [0.5, 0.6) is 0 Å².